The number of carbonyl (C=O) groups is 1. The largest absolute Gasteiger partial charge is 0.507 e. The molecule has 3 rings (SSSR count). The number of carbonyl (C=O) groups excluding carboxylic acids is 1. The molecule has 0 saturated heterocycles. The Kier molecular flexibility index (Phi) is 6.37. The van der Waals surface area contributed by atoms with E-state index < -0.39 is 0 Å². The predicted molar refractivity (Wildman–Crippen MR) is 117 cm³/mol. The minimum atomic E-state index is -0.0970. The van der Waals surface area contributed by atoms with E-state index in [0.29, 0.717) is 16.8 Å². The molecule has 0 aromatic heterocycles. The smallest absolute Gasteiger partial charge is 0.185 e. The van der Waals surface area contributed by atoms with Crippen LogP contribution in [0.15, 0.2) is 86.7 Å². The summed E-state index contributed by atoms with van der Waals surface area (Å²) >= 11 is 6.75. The lowest BCUT2D eigenvalue weighted by Gasteiger charge is -2.01. The number of ketones is 1. The Morgan fingerprint density at radius 1 is 0.926 bits per heavy atom. The molecule has 0 saturated carbocycles. The molecule has 0 atom stereocenters. The van der Waals surface area contributed by atoms with Crippen LogP contribution in [0.1, 0.15) is 21.5 Å². The fourth-order valence-corrected chi connectivity index (χ4v) is 3.00. The van der Waals surface area contributed by atoms with Crippen molar-refractivity contribution in [3.8, 4) is 5.75 Å². The molecule has 0 aliphatic heterocycles. The van der Waals surface area contributed by atoms with E-state index in [-0.39, 0.29) is 11.5 Å². The first kappa shape index (κ1) is 19.3. The van der Waals surface area contributed by atoms with Crippen molar-refractivity contribution in [1.82, 2.24) is 0 Å². The van der Waals surface area contributed by atoms with Gasteiger partial charge in [0, 0.05) is 26.3 Å². The molecule has 0 aliphatic carbocycles. The van der Waals surface area contributed by atoms with E-state index in [2.05, 4.69) is 36.9 Å². The number of benzene rings is 3. The highest BCUT2D eigenvalue weighted by Crippen LogP contribution is 2.22. The van der Waals surface area contributed by atoms with E-state index in [1.165, 1.54) is 0 Å². The van der Waals surface area contributed by atoms with Crippen molar-refractivity contribution in [2.75, 3.05) is 0 Å². The summed E-state index contributed by atoms with van der Waals surface area (Å²) in [6.07, 6.45) is 4.90. The molecule has 0 bridgehead atoms. The van der Waals surface area contributed by atoms with E-state index >= 15 is 0 Å². The first-order valence-electron chi connectivity index (χ1n) is 8.12. The Bertz CT molecular complexity index is 1020. The predicted octanol–water partition coefficient (Wildman–Crippen LogP) is 6.56. The highest BCUT2D eigenvalue weighted by molar-refractivity contribution is 9.10. The number of nitrogens with zero attached hydrogens (tertiary/aromatic N) is 1. The lowest BCUT2D eigenvalue weighted by atomic mass is 10.1. The number of phenolic OH excluding ortho intramolecular Hbond substituents is 1. The van der Waals surface area contributed by atoms with Gasteiger partial charge in [-0.25, -0.2) is 0 Å². The first-order chi connectivity index (χ1) is 13.0. The second-order valence-electron chi connectivity index (χ2n) is 5.76. The Hall–Kier alpha value is -2.50. The van der Waals surface area contributed by atoms with Crippen molar-refractivity contribution in [3.05, 3.63) is 98.4 Å². The zero-order chi connectivity index (χ0) is 19.2. The number of aliphatic imine (C=N–C) groups is 1. The lowest BCUT2D eigenvalue weighted by molar-refractivity contribution is 0.104. The molecular formula is C22H15Br2NO2. The minimum absolute atomic E-state index is 0.0970. The molecule has 1 N–H and O–H groups in total. The molecule has 0 fully saturated rings. The molecule has 0 radical (unpaired) electrons. The van der Waals surface area contributed by atoms with Crippen molar-refractivity contribution < 1.29 is 9.90 Å². The highest BCUT2D eigenvalue weighted by atomic mass is 79.9. The third kappa shape index (κ3) is 5.49. The highest BCUT2D eigenvalue weighted by Gasteiger charge is 2.03. The standard InChI is InChI=1S/C22H15Br2NO2/c23-18-7-4-15(5-8-18)6-10-21(26)16-2-1-3-20(13-16)25-14-17-12-19(24)9-11-22(17)27/h1-14,27H/b10-6+,25-14?. The van der Waals surface area contributed by atoms with Gasteiger partial charge in [0.1, 0.15) is 5.75 Å². The molecule has 134 valence electrons. The maximum atomic E-state index is 12.4. The van der Waals surface area contributed by atoms with Crippen LogP contribution in [0.3, 0.4) is 0 Å². The van der Waals surface area contributed by atoms with Gasteiger partial charge in [-0.2, -0.15) is 0 Å². The van der Waals surface area contributed by atoms with Gasteiger partial charge in [-0.3, -0.25) is 9.79 Å². The van der Waals surface area contributed by atoms with E-state index in [4.69, 9.17) is 0 Å². The number of rotatable bonds is 5. The third-order valence-electron chi connectivity index (χ3n) is 3.77. The molecule has 27 heavy (non-hydrogen) atoms. The maximum Gasteiger partial charge on any atom is 0.185 e. The van der Waals surface area contributed by atoms with E-state index in [1.54, 1.807) is 60.8 Å². The molecule has 0 amide bonds. The quantitative estimate of drug-likeness (QED) is 0.253. The summed E-state index contributed by atoms with van der Waals surface area (Å²) in [7, 11) is 0. The Morgan fingerprint density at radius 3 is 2.44 bits per heavy atom. The monoisotopic (exact) mass is 483 g/mol. The van der Waals surface area contributed by atoms with Gasteiger partial charge in [-0.1, -0.05) is 62.2 Å². The molecule has 0 unspecified atom stereocenters. The average Bonchev–Trinajstić information content (AvgIpc) is 2.68. The second-order valence-corrected chi connectivity index (χ2v) is 7.59. The number of halogens is 2. The van der Waals surface area contributed by atoms with Gasteiger partial charge in [-0.05, 0) is 54.1 Å². The summed E-state index contributed by atoms with van der Waals surface area (Å²) in [5, 5.41) is 9.87. The SMILES string of the molecule is O=C(/C=C/c1ccc(Br)cc1)c1cccc(N=Cc2cc(Br)ccc2O)c1. The normalized spacial score (nSPS) is 11.3. The zero-order valence-electron chi connectivity index (χ0n) is 14.1. The fraction of sp³-hybridized carbons (Fsp3) is 0. The first-order valence-corrected chi connectivity index (χ1v) is 9.70. The third-order valence-corrected chi connectivity index (χ3v) is 4.79. The second kappa shape index (κ2) is 8.93. The number of allylic oxidation sites excluding steroid dienone is 1. The van der Waals surface area contributed by atoms with Crippen molar-refractivity contribution in [1.29, 1.82) is 0 Å². The van der Waals surface area contributed by atoms with Gasteiger partial charge in [0.15, 0.2) is 5.78 Å². The summed E-state index contributed by atoms with van der Waals surface area (Å²) in [6.45, 7) is 0. The molecule has 3 aromatic carbocycles. The summed E-state index contributed by atoms with van der Waals surface area (Å²) in [5.41, 5.74) is 2.73. The molecule has 0 spiro atoms. The molecular weight excluding hydrogens is 470 g/mol. The molecule has 5 heteroatoms. The fourth-order valence-electron chi connectivity index (χ4n) is 2.35. The topological polar surface area (TPSA) is 49.7 Å². The van der Waals surface area contributed by atoms with E-state index in [9.17, 15) is 9.90 Å². The van der Waals surface area contributed by atoms with E-state index in [1.807, 2.05) is 24.3 Å². The summed E-state index contributed by atoms with van der Waals surface area (Å²) in [6, 6.07) is 19.9. The van der Waals surface area contributed by atoms with Crippen LogP contribution in [-0.2, 0) is 0 Å². The van der Waals surface area contributed by atoms with Gasteiger partial charge in [0.25, 0.3) is 0 Å². The van der Waals surface area contributed by atoms with Crippen LogP contribution < -0.4 is 0 Å². The molecule has 0 heterocycles. The van der Waals surface area contributed by atoms with Crippen LogP contribution in [0.2, 0.25) is 0 Å². The number of aromatic hydroxyl groups is 1. The van der Waals surface area contributed by atoms with Crippen molar-refractivity contribution in [3.63, 3.8) is 0 Å². The molecule has 0 aliphatic rings. The van der Waals surface area contributed by atoms with Gasteiger partial charge < -0.3 is 5.11 Å². The number of hydrogen-bond donors (Lipinski definition) is 1. The summed E-state index contributed by atoms with van der Waals surface area (Å²) in [4.78, 5) is 16.8. The number of phenols is 1. The van der Waals surface area contributed by atoms with Gasteiger partial charge in [-0.15, -0.1) is 0 Å². The molecule has 3 nitrogen and oxygen atoms in total. The molecule has 3 aromatic rings. The average molecular weight is 485 g/mol. The van der Waals surface area contributed by atoms with Crippen LogP contribution in [0, 0.1) is 0 Å². The van der Waals surface area contributed by atoms with E-state index in [0.717, 1.165) is 14.5 Å². The van der Waals surface area contributed by atoms with Gasteiger partial charge in [0.05, 0.1) is 5.69 Å². The van der Waals surface area contributed by atoms with Crippen molar-refractivity contribution in [2.24, 2.45) is 4.99 Å². The minimum Gasteiger partial charge on any atom is -0.507 e. The van der Waals surface area contributed by atoms with Crippen LogP contribution in [0.25, 0.3) is 6.08 Å². The number of hydrogen-bond acceptors (Lipinski definition) is 3. The van der Waals surface area contributed by atoms with Crippen LogP contribution in [0.4, 0.5) is 5.69 Å². The Labute approximate surface area is 174 Å². The van der Waals surface area contributed by atoms with Crippen LogP contribution in [-0.4, -0.2) is 17.1 Å². The Morgan fingerprint density at radius 2 is 1.67 bits per heavy atom. The zero-order valence-corrected chi connectivity index (χ0v) is 17.3. The van der Waals surface area contributed by atoms with Gasteiger partial charge in [0.2, 0.25) is 0 Å². The van der Waals surface area contributed by atoms with Crippen molar-refractivity contribution >= 4 is 55.6 Å². The van der Waals surface area contributed by atoms with Gasteiger partial charge >= 0.3 is 0 Å². The lowest BCUT2D eigenvalue weighted by Crippen LogP contribution is -1.93. The maximum absolute atomic E-state index is 12.4. The Balaban J connectivity index is 1.76. The summed E-state index contributed by atoms with van der Waals surface area (Å²) < 4.78 is 1.84. The summed E-state index contributed by atoms with van der Waals surface area (Å²) in [5.74, 6) is 0.0480. The van der Waals surface area contributed by atoms with Crippen molar-refractivity contribution in [2.45, 2.75) is 0 Å². The van der Waals surface area contributed by atoms with Crippen LogP contribution in [0.5, 0.6) is 5.75 Å². The van der Waals surface area contributed by atoms with Crippen LogP contribution >= 0.6 is 31.9 Å².